The fraction of sp³-hybridized carbons (Fsp3) is 0.353. The molecule has 1 aliphatic heterocycles. The number of carbonyl (C=O) groups excluding carboxylic acids is 1. The molecule has 1 amide bonds. The Labute approximate surface area is 159 Å². The lowest BCUT2D eigenvalue weighted by atomic mass is 10.3. The first-order valence-electron chi connectivity index (χ1n) is 7.63. The average Bonchev–Trinajstić information content (AvgIpc) is 3.07. The van der Waals surface area contributed by atoms with Gasteiger partial charge in [0, 0.05) is 43.3 Å². The van der Waals surface area contributed by atoms with E-state index in [1.165, 1.54) is 4.88 Å². The van der Waals surface area contributed by atoms with Crippen molar-refractivity contribution >= 4 is 47.7 Å². The molecule has 0 unspecified atom stereocenters. The van der Waals surface area contributed by atoms with Gasteiger partial charge in [-0.05, 0) is 23.6 Å². The summed E-state index contributed by atoms with van der Waals surface area (Å²) >= 11 is 1.80. The van der Waals surface area contributed by atoms with E-state index in [0.29, 0.717) is 6.54 Å². The third kappa shape index (κ3) is 5.98. The van der Waals surface area contributed by atoms with Crippen LogP contribution in [0.4, 0.5) is 5.69 Å². The Kier molecular flexibility index (Phi) is 9.14. The number of nitrogens with one attached hydrogen (secondary N) is 1. The average molecular weight is 388 g/mol. The highest BCUT2D eigenvalue weighted by atomic mass is 35.5. The summed E-state index contributed by atoms with van der Waals surface area (Å²) in [7, 11) is 0. The Hall–Kier alpha value is -1.27. The number of hydrogen-bond acceptors (Lipinski definition) is 4. The van der Waals surface area contributed by atoms with E-state index in [4.69, 9.17) is 0 Å². The second-order valence-corrected chi connectivity index (χ2v) is 6.49. The van der Waals surface area contributed by atoms with Crippen LogP contribution < -0.4 is 5.32 Å². The molecule has 4 nitrogen and oxygen atoms in total. The molecule has 1 aromatic heterocycles. The van der Waals surface area contributed by atoms with Gasteiger partial charge in [0.05, 0.1) is 6.54 Å². The molecule has 7 heteroatoms. The molecule has 24 heavy (non-hydrogen) atoms. The fourth-order valence-electron chi connectivity index (χ4n) is 2.62. The molecule has 0 aliphatic carbocycles. The van der Waals surface area contributed by atoms with Crippen LogP contribution in [0.2, 0.25) is 0 Å². The van der Waals surface area contributed by atoms with Crippen LogP contribution in [0.3, 0.4) is 0 Å². The van der Waals surface area contributed by atoms with Gasteiger partial charge in [0.1, 0.15) is 0 Å². The lowest BCUT2D eigenvalue weighted by Crippen LogP contribution is -2.49. The minimum atomic E-state index is 0. The number of hydrogen-bond donors (Lipinski definition) is 1. The molecule has 132 valence electrons. The number of thiophene rings is 1. The van der Waals surface area contributed by atoms with E-state index in [1.807, 2.05) is 35.2 Å². The molecule has 2 aromatic rings. The van der Waals surface area contributed by atoms with Crippen LogP contribution in [-0.4, -0.2) is 48.4 Å². The lowest BCUT2D eigenvalue weighted by molar-refractivity contribution is -0.131. The SMILES string of the molecule is Cl.Cl.O=C(CNc1ccccc1)N1CCN(Cc2cccs2)CC1. The second kappa shape index (κ2) is 10.6. The number of amides is 1. The molecule has 0 atom stereocenters. The van der Waals surface area contributed by atoms with E-state index >= 15 is 0 Å². The summed E-state index contributed by atoms with van der Waals surface area (Å²) in [4.78, 5) is 18.0. The maximum Gasteiger partial charge on any atom is 0.241 e. The molecule has 1 fully saturated rings. The summed E-state index contributed by atoms with van der Waals surface area (Å²) < 4.78 is 0. The Morgan fingerprint density at radius 1 is 1.00 bits per heavy atom. The summed E-state index contributed by atoms with van der Waals surface area (Å²) in [6.07, 6.45) is 0. The summed E-state index contributed by atoms with van der Waals surface area (Å²) in [5.74, 6) is 0.180. The molecular formula is C17H23Cl2N3OS. The largest absolute Gasteiger partial charge is 0.376 e. The monoisotopic (exact) mass is 387 g/mol. The van der Waals surface area contributed by atoms with Crippen molar-refractivity contribution in [3.05, 3.63) is 52.7 Å². The van der Waals surface area contributed by atoms with Gasteiger partial charge in [-0.1, -0.05) is 24.3 Å². The highest BCUT2D eigenvalue weighted by molar-refractivity contribution is 7.09. The minimum absolute atomic E-state index is 0. The summed E-state index contributed by atoms with van der Waals surface area (Å²) in [5.41, 5.74) is 0.993. The van der Waals surface area contributed by atoms with Crippen molar-refractivity contribution in [1.82, 2.24) is 9.80 Å². The number of carbonyl (C=O) groups is 1. The quantitative estimate of drug-likeness (QED) is 0.854. The second-order valence-electron chi connectivity index (χ2n) is 5.46. The molecular weight excluding hydrogens is 365 g/mol. The Morgan fingerprint density at radius 2 is 1.71 bits per heavy atom. The van der Waals surface area contributed by atoms with E-state index in [2.05, 4.69) is 27.7 Å². The third-order valence-corrected chi connectivity index (χ3v) is 4.76. The van der Waals surface area contributed by atoms with Gasteiger partial charge in [0.15, 0.2) is 0 Å². The zero-order chi connectivity index (χ0) is 15.2. The normalized spacial score (nSPS) is 14.4. The highest BCUT2D eigenvalue weighted by Gasteiger charge is 2.20. The van der Waals surface area contributed by atoms with Crippen molar-refractivity contribution < 1.29 is 4.79 Å². The fourth-order valence-corrected chi connectivity index (χ4v) is 3.37. The zero-order valence-corrected chi connectivity index (χ0v) is 15.8. The summed E-state index contributed by atoms with van der Waals surface area (Å²) in [6, 6.07) is 14.1. The van der Waals surface area contributed by atoms with Crippen molar-refractivity contribution in [3.63, 3.8) is 0 Å². The first-order valence-corrected chi connectivity index (χ1v) is 8.51. The minimum Gasteiger partial charge on any atom is -0.376 e. The predicted octanol–water partition coefficient (Wildman–Crippen LogP) is 3.35. The van der Waals surface area contributed by atoms with Crippen molar-refractivity contribution in [2.45, 2.75) is 6.54 Å². The van der Waals surface area contributed by atoms with Gasteiger partial charge in [0.2, 0.25) is 5.91 Å². The Bertz CT molecular complexity index is 587. The van der Waals surface area contributed by atoms with Gasteiger partial charge >= 0.3 is 0 Å². The topological polar surface area (TPSA) is 35.6 Å². The van der Waals surface area contributed by atoms with Gasteiger partial charge in [-0.15, -0.1) is 36.2 Å². The van der Waals surface area contributed by atoms with Crippen LogP contribution in [0.15, 0.2) is 47.8 Å². The first-order chi connectivity index (χ1) is 10.8. The standard InChI is InChI=1S/C17H21N3OS.2ClH/c21-17(13-18-15-5-2-1-3-6-15)20-10-8-19(9-11-20)14-16-7-4-12-22-16;;/h1-7,12,18H,8-11,13-14H2;2*1H. The molecule has 1 N–H and O–H groups in total. The number of anilines is 1. The van der Waals surface area contributed by atoms with Crippen LogP contribution in [0.5, 0.6) is 0 Å². The Balaban J connectivity index is 0.00000144. The van der Waals surface area contributed by atoms with Crippen LogP contribution in [0, 0.1) is 0 Å². The molecule has 0 saturated carbocycles. The number of nitrogens with zero attached hydrogens (tertiary/aromatic N) is 2. The summed E-state index contributed by atoms with van der Waals surface area (Å²) in [6.45, 7) is 4.92. The van der Waals surface area contributed by atoms with Gasteiger partial charge < -0.3 is 10.2 Å². The van der Waals surface area contributed by atoms with Crippen molar-refractivity contribution in [3.8, 4) is 0 Å². The maximum atomic E-state index is 12.2. The molecule has 0 bridgehead atoms. The van der Waals surface area contributed by atoms with Gasteiger partial charge in [0.25, 0.3) is 0 Å². The Morgan fingerprint density at radius 3 is 2.33 bits per heavy atom. The number of halogens is 2. The molecule has 1 saturated heterocycles. The van der Waals surface area contributed by atoms with E-state index in [1.54, 1.807) is 11.3 Å². The van der Waals surface area contributed by atoms with E-state index in [-0.39, 0.29) is 30.7 Å². The van der Waals surface area contributed by atoms with E-state index < -0.39 is 0 Å². The lowest BCUT2D eigenvalue weighted by Gasteiger charge is -2.34. The van der Waals surface area contributed by atoms with Crippen LogP contribution >= 0.6 is 36.2 Å². The van der Waals surface area contributed by atoms with Gasteiger partial charge in [-0.2, -0.15) is 0 Å². The maximum absolute atomic E-state index is 12.2. The van der Waals surface area contributed by atoms with E-state index in [0.717, 1.165) is 38.4 Å². The van der Waals surface area contributed by atoms with Crippen molar-refractivity contribution in [2.24, 2.45) is 0 Å². The van der Waals surface area contributed by atoms with Crippen LogP contribution in [-0.2, 0) is 11.3 Å². The van der Waals surface area contributed by atoms with E-state index in [9.17, 15) is 4.79 Å². The van der Waals surface area contributed by atoms with Crippen LogP contribution in [0.1, 0.15) is 4.88 Å². The number of piperazine rings is 1. The molecule has 3 rings (SSSR count). The van der Waals surface area contributed by atoms with Gasteiger partial charge in [-0.25, -0.2) is 0 Å². The molecule has 0 radical (unpaired) electrons. The van der Waals surface area contributed by atoms with Crippen LogP contribution in [0.25, 0.3) is 0 Å². The van der Waals surface area contributed by atoms with Gasteiger partial charge in [-0.3, -0.25) is 9.69 Å². The number of rotatable bonds is 5. The smallest absolute Gasteiger partial charge is 0.241 e. The zero-order valence-electron chi connectivity index (χ0n) is 13.4. The number of para-hydroxylation sites is 1. The predicted molar refractivity (Wildman–Crippen MR) is 106 cm³/mol. The molecule has 1 aliphatic rings. The highest BCUT2D eigenvalue weighted by Crippen LogP contribution is 2.13. The molecule has 1 aromatic carbocycles. The first kappa shape index (κ1) is 20.8. The third-order valence-electron chi connectivity index (χ3n) is 3.90. The molecule has 0 spiro atoms. The number of benzene rings is 1. The van der Waals surface area contributed by atoms with Crippen molar-refractivity contribution in [1.29, 1.82) is 0 Å². The van der Waals surface area contributed by atoms with Crippen molar-refractivity contribution in [2.75, 3.05) is 38.0 Å². The summed E-state index contributed by atoms with van der Waals surface area (Å²) in [5, 5.41) is 5.30. The molecule has 2 heterocycles.